The van der Waals surface area contributed by atoms with Gasteiger partial charge in [-0.1, -0.05) is 23.2 Å². The van der Waals surface area contributed by atoms with Crippen LogP contribution >= 0.6 is 23.2 Å². The van der Waals surface area contributed by atoms with E-state index in [9.17, 15) is 9.90 Å². The molecule has 0 bridgehead atoms. The number of hydrogen-bond acceptors (Lipinski definition) is 3. The van der Waals surface area contributed by atoms with Crippen LogP contribution in [0.3, 0.4) is 0 Å². The van der Waals surface area contributed by atoms with Crippen molar-refractivity contribution >= 4 is 34.8 Å². The van der Waals surface area contributed by atoms with E-state index in [1.54, 1.807) is 0 Å². The summed E-state index contributed by atoms with van der Waals surface area (Å²) >= 11 is 11.4. The zero-order valence-electron chi connectivity index (χ0n) is 9.46. The molecule has 6 heteroatoms. The maximum atomic E-state index is 11.4. The van der Waals surface area contributed by atoms with Crippen LogP contribution in [0.25, 0.3) is 0 Å². The van der Waals surface area contributed by atoms with Gasteiger partial charge in [0, 0.05) is 5.69 Å². The molecule has 0 heterocycles. The minimum absolute atomic E-state index is 0.0206. The van der Waals surface area contributed by atoms with Crippen molar-refractivity contribution in [3.63, 3.8) is 0 Å². The molecule has 1 rings (SSSR count). The predicted molar refractivity (Wildman–Crippen MR) is 67.8 cm³/mol. The van der Waals surface area contributed by atoms with Crippen molar-refractivity contribution in [2.24, 2.45) is 0 Å². The summed E-state index contributed by atoms with van der Waals surface area (Å²) in [6, 6.07) is 2.83. The number of phenolic OH excluding ortho intramolecular Hbond substituents is 1. The SMILES string of the molecule is CC(C)OCC(=O)Nc1cc(Cl)c(O)c(Cl)c1. The summed E-state index contributed by atoms with van der Waals surface area (Å²) in [5.74, 6) is -0.513. The third-order valence-corrected chi connectivity index (χ3v) is 2.42. The molecule has 0 aliphatic carbocycles. The monoisotopic (exact) mass is 277 g/mol. The van der Waals surface area contributed by atoms with E-state index in [0.29, 0.717) is 5.69 Å². The molecule has 0 unspecified atom stereocenters. The fourth-order valence-corrected chi connectivity index (χ4v) is 1.56. The molecule has 0 fully saturated rings. The number of benzene rings is 1. The predicted octanol–water partition coefficient (Wildman–Crippen LogP) is 3.06. The van der Waals surface area contributed by atoms with Crippen LogP contribution in [0, 0.1) is 0 Å². The lowest BCUT2D eigenvalue weighted by Gasteiger charge is -2.09. The summed E-state index contributed by atoms with van der Waals surface area (Å²) < 4.78 is 5.13. The van der Waals surface area contributed by atoms with Gasteiger partial charge >= 0.3 is 0 Å². The van der Waals surface area contributed by atoms with Gasteiger partial charge in [0.2, 0.25) is 5.91 Å². The van der Waals surface area contributed by atoms with Gasteiger partial charge in [0.15, 0.2) is 5.75 Å². The van der Waals surface area contributed by atoms with Crippen molar-refractivity contribution in [3.05, 3.63) is 22.2 Å². The first-order valence-corrected chi connectivity index (χ1v) is 5.75. The van der Waals surface area contributed by atoms with E-state index in [1.807, 2.05) is 13.8 Å². The van der Waals surface area contributed by atoms with Gasteiger partial charge in [0.05, 0.1) is 16.1 Å². The molecular weight excluding hydrogens is 265 g/mol. The Hall–Kier alpha value is -0.970. The molecule has 0 saturated heterocycles. The number of phenols is 1. The van der Waals surface area contributed by atoms with E-state index >= 15 is 0 Å². The van der Waals surface area contributed by atoms with Gasteiger partial charge in [-0.05, 0) is 26.0 Å². The number of hydrogen-bond donors (Lipinski definition) is 2. The summed E-state index contributed by atoms with van der Waals surface area (Å²) in [4.78, 5) is 11.4. The summed E-state index contributed by atoms with van der Waals surface area (Å²) in [5, 5.41) is 12.1. The van der Waals surface area contributed by atoms with Crippen LogP contribution in [-0.2, 0) is 9.53 Å². The van der Waals surface area contributed by atoms with Crippen molar-refractivity contribution < 1.29 is 14.6 Å². The van der Waals surface area contributed by atoms with Crippen LogP contribution in [0.2, 0.25) is 10.0 Å². The normalized spacial score (nSPS) is 10.6. The third kappa shape index (κ3) is 4.42. The van der Waals surface area contributed by atoms with Crippen LogP contribution in [0.15, 0.2) is 12.1 Å². The Morgan fingerprint density at radius 3 is 2.41 bits per heavy atom. The first-order valence-electron chi connectivity index (χ1n) is 4.99. The number of halogens is 2. The molecule has 0 aliphatic rings. The molecule has 0 spiro atoms. The highest BCUT2D eigenvalue weighted by Crippen LogP contribution is 2.34. The number of anilines is 1. The topological polar surface area (TPSA) is 58.6 Å². The fourth-order valence-electron chi connectivity index (χ4n) is 1.08. The highest BCUT2D eigenvalue weighted by molar-refractivity contribution is 6.37. The van der Waals surface area contributed by atoms with Gasteiger partial charge in [-0.3, -0.25) is 4.79 Å². The molecule has 1 aromatic carbocycles. The van der Waals surface area contributed by atoms with Gasteiger partial charge in [0.25, 0.3) is 0 Å². The Balaban J connectivity index is 2.66. The van der Waals surface area contributed by atoms with Crippen molar-refractivity contribution in [3.8, 4) is 5.75 Å². The van der Waals surface area contributed by atoms with Crippen LogP contribution in [-0.4, -0.2) is 23.7 Å². The summed E-state index contributed by atoms with van der Waals surface area (Å²) in [7, 11) is 0. The van der Waals surface area contributed by atoms with Gasteiger partial charge < -0.3 is 15.2 Å². The fraction of sp³-hybridized carbons (Fsp3) is 0.364. The molecule has 0 aromatic heterocycles. The minimum Gasteiger partial charge on any atom is -0.505 e. The maximum absolute atomic E-state index is 11.4. The Kier molecular flexibility index (Phi) is 5.05. The number of ether oxygens (including phenoxy) is 1. The number of nitrogens with one attached hydrogen (secondary N) is 1. The lowest BCUT2D eigenvalue weighted by molar-refractivity contribution is -0.121. The second kappa shape index (κ2) is 6.10. The van der Waals surface area contributed by atoms with E-state index in [4.69, 9.17) is 27.9 Å². The van der Waals surface area contributed by atoms with Crippen molar-refractivity contribution in [2.75, 3.05) is 11.9 Å². The van der Waals surface area contributed by atoms with Crippen LogP contribution < -0.4 is 5.32 Å². The number of aromatic hydroxyl groups is 1. The number of amides is 1. The molecule has 1 aromatic rings. The van der Waals surface area contributed by atoms with Gasteiger partial charge in [0.1, 0.15) is 6.61 Å². The zero-order valence-corrected chi connectivity index (χ0v) is 11.0. The average molecular weight is 278 g/mol. The Bertz CT molecular complexity index is 398. The number of carbonyl (C=O) groups excluding carboxylic acids is 1. The van der Waals surface area contributed by atoms with Crippen LogP contribution in [0.1, 0.15) is 13.8 Å². The van der Waals surface area contributed by atoms with Gasteiger partial charge in [-0.15, -0.1) is 0 Å². The average Bonchev–Trinajstić information content (AvgIpc) is 2.23. The summed E-state index contributed by atoms with van der Waals surface area (Å²) in [5.41, 5.74) is 0.412. The molecule has 0 saturated carbocycles. The zero-order chi connectivity index (χ0) is 13.0. The lowest BCUT2D eigenvalue weighted by Crippen LogP contribution is -2.20. The Labute approximate surface area is 109 Å². The summed E-state index contributed by atoms with van der Waals surface area (Å²) in [6.45, 7) is 3.62. The molecule has 0 aliphatic heterocycles. The third-order valence-electron chi connectivity index (χ3n) is 1.85. The van der Waals surface area contributed by atoms with E-state index in [-0.39, 0.29) is 34.4 Å². The second-order valence-electron chi connectivity index (χ2n) is 3.70. The molecule has 4 nitrogen and oxygen atoms in total. The van der Waals surface area contributed by atoms with E-state index < -0.39 is 0 Å². The molecular formula is C11H13Cl2NO3. The molecule has 94 valence electrons. The molecule has 17 heavy (non-hydrogen) atoms. The molecule has 2 N–H and O–H groups in total. The standard InChI is InChI=1S/C11H13Cl2NO3/c1-6(2)17-5-10(15)14-7-3-8(12)11(16)9(13)4-7/h3-4,6,16H,5H2,1-2H3,(H,14,15). The largest absolute Gasteiger partial charge is 0.505 e. The highest BCUT2D eigenvalue weighted by atomic mass is 35.5. The van der Waals surface area contributed by atoms with E-state index in [2.05, 4.69) is 5.32 Å². The first-order chi connectivity index (χ1) is 7.90. The summed E-state index contributed by atoms with van der Waals surface area (Å²) in [6.07, 6.45) is -0.0206. The van der Waals surface area contributed by atoms with E-state index in [1.165, 1.54) is 12.1 Å². The van der Waals surface area contributed by atoms with E-state index in [0.717, 1.165) is 0 Å². The van der Waals surface area contributed by atoms with Crippen LogP contribution in [0.5, 0.6) is 5.75 Å². The maximum Gasteiger partial charge on any atom is 0.250 e. The van der Waals surface area contributed by atoms with Gasteiger partial charge in [-0.2, -0.15) is 0 Å². The number of carbonyl (C=O) groups is 1. The quantitative estimate of drug-likeness (QED) is 0.832. The molecule has 1 amide bonds. The van der Waals surface area contributed by atoms with Crippen molar-refractivity contribution in [1.29, 1.82) is 0 Å². The van der Waals surface area contributed by atoms with Gasteiger partial charge in [-0.25, -0.2) is 0 Å². The minimum atomic E-state index is -0.309. The first kappa shape index (κ1) is 14.1. The second-order valence-corrected chi connectivity index (χ2v) is 4.51. The highest BCUT2D eigenvalue weighted by Gasteiger charge is 2.09. The molecule has 0 radical (unpaired) electrons. The Morgan fingerprint density at radius 1 is 1.41 bits per heavy atom. The Morgan fingerprint density at radius 2 is 1.94 bits per heavy atom. The number of rotatable bonds is 4. The van der Waals surface area contributed by atoms with Crippen molar-refractivity contribution in [1.82, 2.24) is 0 Å². The molecule has 0 atom stereocenters. The lowest BCUT2D eigenvalue weighted by atomic mass is 10.3. The smallest absolute Gasteiger partial charge is 0.250 e. The van der Waals surface area contributed by atoms with Crippen molar-refractivity contribution in [2.45, 2.75) is 20.0 Å². The van der Waals surface area contributed by atoms with Crippen LogP contribution in [0.4, 0.5) is 5.69 Å².